The normalized spacial score (nSPS) is 18.1. The Morgan fingerprint density at radius 3 is 2.20 bits per heavy atom. The lowest BCUT2D eigenvalue weighted by molar-refractivity contribution is -0.139. The molecule has 1 atom stereocenters. The van der Waals surface area contributed by atoms with E-state index < -0.39 is 33.7 Å². The molecular weight excluding hydrogens is 630 g/mol. The molecule has 2 saturated heterocycles. The zero-order valence-corrected chi connectivity index (χ0v) is 28.5. The molecule has 1 saturated carbocycles. The molecule has 2 heterocycles. The lowest BCUT2D eigenvalue weighted by Crippen LogP contribution is -2.60. The summed E-state index contributed by atoms with van der Waals surface area (Å²) in [4.78, 5) is 44.9. The van der Waals surface area contributed by atoms with Crippen LogP contribution >= 0.6 is 11.6 Å². The summed E-state index contributed by atoms with van der Waals surface area (Å²) in [5.74, 6) is -0.526. The topological polar surface area (TPSA) is 120 Å². The summed E-state index contributed by atoms with van der Waals surface area (Å²) in [7, 11) is -3.47. The van der Waals surface area contributed by atoms with E-state index in [1.165, 1.54) is 15.5 Å². The number of piperazine rings is 1. The number of benzene rings is 2. The second-order valence-electron chi connectivity index (χ2n) is 13.5. The molecule has 1 aliphatic carbocycles. The SMILES string of the molecule is CC(C)(C)OC(=O)N1CC(C(=O)N[C@H](Cc2ccc(Cl)cc2)C(=O)N2CCN(c3ccccc3N(CC3CC3)S(C)(=O)=O)CC2)C1. The molecule has 46 heavy (non-hydrogen) atoms. The van der Waals surface area contributed by atoms with Crippen LogP contribution in [0.5, 0.6) is 0 Å². The molecule has 3 amide bonds. The number of nitrogens with one attached hydrogen (secondary N) is 1. The summed E-state index contributed by atoms with van der Waals surface area (Å²) in [6, 6.07) is 13.9. The fourth-order valence-electron chi connectivity index (χ4n) is 5.74. The molecule has 5 rings (SSSR count). The first kappa shape index (κ1) is 33.8. The molecule has 13 heteroatoms. The maximum absolute atomic E-state index is 13.9. The van der Waals surface area contributed by atoms with Gasteiger partial charge in [0.1, 0.15) is 11.6 Å². The number of rotatable bonds is 10. The summed E-state index contributed by atoms with van der Waals surface area (Å²) in [5.41, 5.74) is 1.71. The van der Waals surface area contributed by atoms with Crippen LogP contribution in [0.25, 0.3) is 0 Å². The second-order valence-corrected chi connectivity index (χ2v) is 15.9. The monoisotopic (exact) mass is 673 g/mol. The van der Waals surface area contributed by atoms with E-state index in [0.717, 1.165) is 24.1 Å². The average Bonchev–Trinajstić information content (AvgIpc) is 3.79. The number of sulfonamides is 1. The Balaban J connectivity index is 1.25. The van der Waals surface area contributed by atoms with Crippen LogP contribution in [0, 0.1) is 11.8 Å². The highest BCUT2D eigenvalue weighted by atomic mass is 35.5. The van der Waals surface area contributed by atoms with Gasteiger partial charge in [0, 0.05) is 57.3 Å². The predicted molar refractivity (Wildman–Crippen MR) is 179 cm³/mol. The van der Waals surface area contributed by atoms with E-state index in [9.17, 15) is 22.8 Å². The third kappa shape index (κ3) is 8.64. The number of carbonyl (C=O) groups excluding carboxylic acids is 3. The van der Waals surface area contributed by atoms with E-state index in [1.807, 2.05) is 36.4 Å². The van der Waals surface area contributed by atoms with Crippen molar-refractivity contribution in [2.45, 2.75) is 51.7 Å². The van der Waals surface area contributed by atoms with Crippen LogP contribution in [-0.2, 0) is 30.8 Å². The first-order valence-electron chi connectivity index (χ1n) is 15.8. The molecule has 250 valence electrons. The van der Waals surface area contributed by atoms with Gasteiger partial charge in [-0.1, -0.05) is 35.9 Å². The summed E-state index contributed by atoms with van der Waals surface area (Å²) in [6.45, 7) is 8.15. The standard InChI is InChI=1S/C33H44ClN5O6S/c1-33(2,3)45-32(42)38-21-25(22-38)30(40)35-27(19-23-11-13-26(34)14-12-23)31(41)37-17-15-36(16-18-37)28-7-5-6-8-29(28)39(46(4,43)44)20-24-9-10-24/h5-8,11-14,24-25,27H,9-10,15-22H2,1-4H3,(H,35,40)/t27-/m1/s1. The van der Waals surface area contributed by atoms with E-state index in [0.29, 0.717) is 49.4 Å². The molecule has 0 bridgehead atoms. The van der Waals surface area contributed by atoms with Gasteiger partial charge in [-0.15, -0.1) is 0 Å². The Kier molecular flexibility index (Phi) is 10.1. The lowest BCUT2D eigenvalue weighted by atomic mass is 9.98. The Morgan fingerprint density at radius 2 is 1.61 bits per heavy atom. The molecule has 3 fully saturated rings. The number of anilines is 2. The second kappa shape index (κ2) is 13.7. The molecule has 2 aliphatic heterocycles. The van der Waals surface area contributed by atoms with Crippen molar-refractivity contribution in [1.82, 2.24) is 15.1 Å². The van der Waals surface area contributed by atoms with E-state index >= 15 is 0 Å². The number of likely N-dealkylation sites (tertiary alicyclic amines) is 1. The van der Waals surface area contributed by atoms with Crippen LogP contribution in [-0.4, -0.2) is 99.8 Å². The maximum atomic E-state index is 13.9. The number of hydrogen-bond donors (Lipinski definition) is 1. The van der Waals surface area contributed by atoms with Crippen LogP contribution in [0.15, 0.2) is 48.5 Å². The van der Waals surface area contributed by atoms with Gasteiger partial charge in [0.15, 0.2) is 0 Å². The highest BCUT2D eigenvalue weighted by Gasteiger charge is 2.40. The molecule has 2 aromatic carbocycles. The number of carbonyl (C=O) groups is 3. The fraction of sp³-hybridized carbons (Fsp3) is 0.545. The fourth-order valence-corrected chi connectivity index (χ4v) is 6.86. The van der Waals surface area contributed by atoms with Crippen LogP contribution in [0.2, 0.25) is 5.02 Å². The number of nitrogens with zero attached hydrogens (tertiary/aromatic N) is 4. The third-order valence-electron chi connectivity index (χ3n) is 8.48. The Morgan fingerprint density at radius 1 is 0.978 bits per heavy atom. The minimum Gasteiger partial charge on any atom is -0.444 e. The van der Waals surface area contributed by atoms with Crippen molar-refractivity contribution >= 4 is 50.9 Å². The summed E-state index contributed by atoms with van der Waals surface area (Å²) >= 11 is 6.08. The number of hydrogen-bond acceptors (Lipinski definition) is 7. The Bertz CT molecular complexity index is 1530. The maximum Gasteiger partial charge on any atom is 0.410 e. The smallest absolute Gasteiger partial charge is 0.410 e. The van der Waals surface area contributed by atoms with Gasteiger partial charge >= 0.3 is 6.09 Å². The first-order valence-corrected chi connectivity index (χ1v) is 18.0. The molecule has 2 aromatic rings. The zero-order chi connectivity index (χ0) is 33.2. The van der Waals surface area contributed by atoms with Crippen molar-refractivity contribution in [1.29, 1.82) is 0 Å². The van der Waals surface area contributed by atoms with E-state index in [2.05, 4.69) is 10.2 Å². The van der Waals surface area contributed by atoms with Crippen LogP contribution in [0.4, 0.5) is 16.2 Å². The first-order chi connectivity index (χ1) is 21.7. The van der Waals surface area contributed by atoms with E-state index in [-0.39, 0.29) is 31.3 Å². The third-order valence-corrected chi connectivity index (χ3v) is 9.87. The van der Waals surface area contributed by atoms with Gasteiger partial charge in [0.2, 0.25) is 21.8 Å². The molecule has 0 aromatic heterocycles. The van der Waals surface area contributed by atoms with Gasteiger partial charge in [-0.25, -0.2) is 13.2 Å². The minimum absolute atomic E-state index is 0.189. The lowest BCUT2D eigenvalue weighted by Gasteiger charge is -2.41. The molecule has 0 radical (unpaired) electrons. The predicted octanol–water partition coefficient (Wildman–Crippen LogP) is 3.76. The van der Waals surface area contributed by atoms with Crippen molar-refractivity contribution in [3.05, 3.63) is 59.1 Å². The van der Waals surface area contributed by atoms with Crippen molar-refractivity contribution in [2.24, 2.45) is 11.8 Å². The highest BCUT2D eigenvalue weighted by Crippen LogP contribution is 2.37. The van der Waals surface area contributed by atoms with Crippen LogP contribution < -0.4 is 14.5 Å². The van der Waals surface area contributed by atoms with Crippen LogP contribution in [0.1, 0.15) is 39.2 Å². The zero-order valence-electron chi connectivity index (χ0n) is 26.9. The number of halogens is 1. The van der Waals surface area contributed by atoms with E-state index in [1.54, 1.807) is 37.8 Å². The molecule has 0 spiro atoms. The Labute approximate surface area is 276 Å². The van der Waals surface area contributed by atoms with E-state index in [4.69, 9.17) is 16.3 Å². The van der Waals surface area contributed by atoms with Crippen LogP contribution in [0.3, 0.4) is 0 Å². The van der Waals surface area contributed by atoms with Gasteiger partial charge in [-0.3, -0.25) is 13.9 Å². The molecule has 3 aliphatic rings. The molecule has 0 unspecified atom stereocenters. The van der Waals surface area contributed by atoms with Crippen molar-refractivity contribution < 1.29 is 27.5 Å². The quantitative estimate of drug-likeness (QED) is 0.408. The number of para-hydroxylation sites is 2. The minimum atomic E-state index is -3.47. The van der Waals surface area contributed by atoms with Gasteiger partial charge in [-0.05, 0) is 69.4 Å². The largest absolute Gasteiger partial charge is 0.444 e. The van der Waals surface area contributed by atoms with Crippen molar-refractivity contribution in [3.63, 3.8) is 0 Å². The highest BCUT2D eigenvalue weighted by molar-refractivity contribution is 7.92. The molecule has 11 nitrogen and oxygen atoms in total. The van der Waals surface area contributed by atoms with Crippen molar-refractivity contribution in [2.75, 3.05) is 61.3 Å². The Hall–Kier alpha value is -3.51. The van der Waals surface area contributed by atoms with Gasteiger partial charge in [0.05, 0.1) is 23.5 Å². The average molecular weight is 674 g/mol. The van der Waals surface area contributed by atoms with Gasteiger partial charge < -0.3 is 24.8 Å². The summed E-state index contributed by atoms with van der Waals surface area (Å²) in [6.07, 6.45) is 3.14. The molecular formula is C33H44ClN5O6S. The summed E-state index contributed by atoms with van der Waals surface area (Å²) in [5, 5.41) is 3.54. The van der Waals surface area contributed by atoms with Gasteiger partial charge in [-0.2, -0.15) is 0 Å². The van der Waals surface area contributed by atoms with Crippen molar-refractivity contribution in [3.8, 4) is 0 Å². The summed E-state index contributed by atoms with van der Waals surface area (Å²) < 4.78 is 32.5. The number of ether oxygens (including phenoxy) is 1. The number of amides is 3. The van der Waals surface area contributed by atoms with Gasteiger partial charge in [0.25, 0.3) is 0 Å². The molecule has 1 N–H and O–H groups in total.